The largest absolute Gasteiger partial charge is 0.374 e. The summed E-state index contributed by atoms with van der Waals surface area (Å²) in [6.07, 6.45) is 3.13. The van der Waals surface area contributed by atoms with E-state index in [-0.39, 0.29) is 5.60 Å². The van der Waals surface area contributed by atoms with Crippen molar-refractivity contribution < 1.29 is 9.47 Å². The van der Waals surface area contributed by atoms with Crippen molar-refractivity contribution in [2.45, 2.75) is 44.5 Å². The average Bonchev–Trinajstić information content (AvgIpc) is 2.59. The molecule has 100 valence electrons. The fraction of sp³-hybridized carbons (Fsp3) is 1.00. The molecule has 4 heteroatoms. The van der Waals surface area contributed by atoms with Crippen molar-refractivity contribution in [3.8, 4) is 0 Å². The molecule has 2 saturated heterocycles. The molecular weight excluding hydrogens is 216 g/mol. The van der Waals surface area contributed by atoms with Crippen molar-refractivity contribution in [2.75, 3.05) is 39.8 Å². The van der Waals surface area contributed by atoms with Crippen molar-refractivity contribution >= 4 is 0 Å². The Labute approximate surface area is 105 Å². The highest BCUT2D eigenvalue weighted by Gasteiger charge is 2.33. The summed E-state index contributed by atoms with van der Waals surface area (Å²) in [6, 6.07) is 0. The van der Waals surface area contributed by atoms with E-state index < -0.39 is 0 Å². The number of hydrogen-bond acceptors (Lipinski definition) is 4. The predicted molar refractivity (Wildman–Crippen MR) is 68.3 cm³/mol. The lowest BCUT2D eigenvalue weighted by Crippen LogP contribution is -2.48. The molecule has 0 aromatic carbocycles. The van der Waals surface area contributed by atoms with Crippen LogP contribution in [0.15, 0.2) is 0 Å². The summed E-state index contributed by atoms with van der Waals surface area (Å²) in [5.74, 6) is 0. The van der Waals surface area contributed by atoms with Crippen molar-refractivity contribution in [3.63, 3.8) is 0 Å². The lowest BCUT2D eigenvalue weighted by Gasteiger charge is -2.34. The van der Waals surface area contributed by atoms with Gasteiger partial charge in [0.15, 0.2) is 0 Å². The van der Waals surface area contributed by atoms with Crippen LogP contribution in [0, 0.1) is 0 Å². The van der Waals surface area contributed by atoms with Crippen molar-refractivity contribution in [2.24, 2.45) is 0 Å². The van der Waals surface area contributed by atoms with E-state index in [9.17, 15) is 0 Å². The Morgan fingerprint density at radius 2 is 2.18 bits per heavy atom. The SMILES string of the molecule is CNCC1CN(CC2CCC(C)(C)O2)CCO1. The first-order valence-corrected chi connectivity index (χ1v) is 6.75. The summed E-state index contributed by atoms with van der Waals surface area (Å²) in [7, 11) is 1.98. The maximum Gasteiger partial charge on any atom is 0.0826 e. The zero-order valence-corrected chi connectivity index (χ0v) is 11.4. The van der Waals surface area contributed by atoms with Crippen molar-refractivity contribution in [1.82, 2.24) is 10.2 Å². The molecule has 0 radical (unpaired) electrons. The van der Waals surface area contributed by atoms with E-state index >= 15 is 0 Å². The molecule has 2 heterocycles. The van der Waals surface area contributed by atoms with Gasteiger partial charge in [-0.2, -0.15) is 0 Å². The second-order valence-electron chi connectivity index (χ2n) is 5.85. The van der Waals surface area contributed by atoms with Crippen LogP contribution in [0.2, 0.25) is 0 Å². The summed E-state index contributed by atoms with van der Waals surface area (Å²) in [4.78, 5) is 2.48. The van der Waals surface area contributed by atoms with Crippen LogP contribution in [0.25, 0.3) is 0 Å². The standard InChI is InChI=1S/C13H26N2O2/c1-13(2)5-4-11(17-13)9-15-6-7-16-12(10-15)8-14-3/h11-12,14H,4-10H2,1-3H3. The zero-order valence-electron chi connectivity index (χ0n) is 11.4. The second kappa shape index (κ2) is 5.65. The minimum atomic E-state index is 0.0847. The molecule has 2 unspecified atom stereocenters. The van der Waals surface area contributed by atoms with Gasteiger partial charge >= 0.3 is 0 Å². The van der Waals surface area contributed by atoms with E-state index in [0.29, 0.717) is 12.2 Å². The Balaban J connectivity index is 1.75. The molecule has 0 saturated carbocycles. The molecule has 0 aromatic heterocycles. The highest BCUT2D eigenvalue weighted by atomic mass is 16.5. The van der Waals surface area contributed by atoms with Gasteiger partial charge in [-0.1, -0.05) is 0 Å². The molecule has 0 aromatic rings. The van der Waals surface area contributed by atoms with E-state index in [2.05, 4.69) is 24.1 Å². The number of hydrogen-bond donors (Lipinski definition) is 1. The van der Waals surface area contributed by atoms with Crippen LogP contribution in [0.4, 0.5) is 0 Å². The topological polar surface area (TPSA) is 33.7 Å². The molecule has 2 atom stereocenters. The average molecular weight is 242 g/mol. The second-order valence-corrected chi connectivity index (χ2v) is 5.85. The first kappa shape index (κ1) is 13.3. The van der Waals surface area contributed by atoms with Crippen LogP contribution in [-0.4, -0.2) is 62.5 Å². The van der Waals surface area contributed by atoms with Gasteiger partial charge in [-0.15, -0.1) is 0 Å². The summed E-state index contributed by atoms with van der Waals surface area (Å²) in [5.41, 5.74) is 0.0847. The molecule has 4 nitrogen and oxygen atoms in total. The Hall–Kier alpha value is -0.160. The fourth-order valence-corrected chi connectivity index (χ4v) is 2.79. The zero-order chi connectivity index (χ0) is 12.3. The van der Waals surface area contributed by atoms with Crippen molar-refractivity contribution in [3.05, 3.63) is 0 Å². The van der Waals surface area contributed by atoms with Crippen LogP contribution in [0.3, 0.4) is 0 Å². The van der Waals surface area contributed by atoms with E-state index in [1.165, 1.54) is 12.8 Å². The fourth-order valence-electron chi connectivity index (χ4n) is 2.79. The minimum absolute atomic E-state index is 0.0847. The molecule has 0 bridgehead atoms. The third-order valence-electron chi connectivity index (χ3n) is 3.67. The number of ether oxygens (including phenoxy) is 2. The molecule has 2 fully saturated rings. The van der Waals surface area contributed by atoms with Gasteiger partial charge < -0.3 is 14.8 Å². The van der Waals surface area contributed by atoms with Crippen molar-refractivity contribution in [1.29, 1.82) is 0 Å². The summed E-state index contributed by atoms with van der Waals surface area (Å²) >= 11 is 0. The normalized spacial score (nSPS) is 34.1. The minimum Gasteiger partial charge on any atom is -0.374 e. The summed E-state index contributed by atoms with van der Waals surface area (Å²) in [6.45, 7) is 9.30. The van der Waals surface area contributed by atoms with Gasteiger partial charge in [0.05, 0.1) is 24.4 Å². The first-order chi connectivity index (χ1) is 8.09. The van der Waals surface area contributed by atoms with Crippen LogP contribution in [-0.2, 0) is 9.47 Å². The highest BCUT2D eigenvalue weighted by Crippen LogP contribution is 2.29. The quantitative estimate of drug-likeness (QED) is 0.793. The Kier molecular flexibility index (Phi) is 4.42. The predicted octanol–water partition coefficient (Wildman–Crippen LogP) is 0.864. The number of nitrogens with one attached hydrogen (secondary N) is 1. The van der Waals surface area contributed by atoms with Gasteiger partial charge in [-0.05, 0) is 33.7 Å². The van der Waals surface area contributed by atoms with Gasteiger partial charge in [0, 0.05) is 26.2 Å². The number of nitrogens with zero attached hydrogens (tertiary/aromatic N) is 1. The third kappa shape index (κ3) is 3.91. The van der Waals surface area contributed by atoms with E-state index in [1.54, 1.807) is 0 Å². The molecular formula is C13H26N2O2. The third-order valence-corrected chi connectivity index (χ3v) is 3.67. The van der Waals surface area contributed by atoms with Crippen LogP contribution >= 0.6 is 0 Å². The maximum atomic E-state index is 6.05. The maximum absolute atomic E-state index is 6.05. The van der Waals surface area contributed by atoms with Gasteiger partial charge in [0.25, 0.3) is 0 Å². The summed E-state index contributed by atoms with van der Waals surface area (Å²) in [5, 5.41) is 3.18. The Morgan fingerprint density at radius 3 is 2.82 bits per heavy atom. The number of rotatable bonds is 4. The first-order valence-electron chi connectivity index (χ1n) is 6.75. The lowest BCUT2D eigenvalue weighted by atomic mass is 10.1. The molecule has 0 spiro atoms. The number of likely N-dealkylation sites (N-methyl/N-ethyl adjacent to an activating group) is 1. The van der Waals surface area contributed by atoms with E-state index in [1.807, 2.05) is 7.05 Å². The molecule has 0 aliphatic carbocycles. The van der Waals surface area contributed by atoms with Gasteiger partial charge in [-0.25, -0.2) is 0 Å². The van der Waals surface area contributed by atoms with Gasteiger partial charge in [0.2, 0.25) is 0 Å². The molecule has 2 rings (SSSR count). The van der Waals surface area contributed by atoms with Crippen LogP contribution in [0.5, 0.6) is 0 Å². The van der Waals surface area contributed by atoms with E-state index in [4.69, 9.17) is 9.47 Å². The van der Waals surface area contributed by atoms with Gasteiger partial charge in [-0.3, -0.25) is 4.90 Å². The monoisotopic (exact) mass is 242 g/mol. The molecule has 2 aliphatic rings. The van der Waals surface area contributed by atoms with Crippen LogP contribution in [0.1, 0.15) is 26.7 Å². The van der Waals surface area contributed by atoms with E-state index in [0.717, 1.165) is 32.8 Å². The molecule has 0 amide bonds. The number of morpholine rings is 1. The molecule has 1 N–H and O–H groups in total. The highest BCUT2D eigenvalue weighted by molar-refractivity contribution is 4.84. The Bertz CT molecular complexity index is 244. The molecule has 17 heavy (non-hydrogen) atoms. The molecule has 2 aliphatic heterocycles. The van der Waals surface area contributed by atoms with Gasteiger partial charge in [0.1, 0.15) is 0 Å². The Morgan fingerprint density at radius 1 is 1.35 bits per heavy atom. The lowest BCUT2D eigenvalue weighted by molar-refractivity contribution is -0.0632. The summed E-state index contributed by atoms with van der Waals surface area (Å²) < 4.78 is 11.8. The smallest absolute Gasteiger partial charge is 0.0826 e. The van der Waals surface area contributed by atoms with Crippen LogP contribution < -0.4 is 5.32 Å².